The van der Waals surface area contributed by atoms with Crippen LogP contribution < -0.4 is 0 Å². The van der Waals surface area contributed by atoms with E-state index in [4.69, 9.17) is 0 Å². The molecule has 1 fully saturated rings. The summed E-state index contributed by atoms with van der Waals surface area (Å²) in [5.41, 5.74) is 0.838. The van der Waals surface area contributed by atoms with Crippen LogP contribution in [0.3, 0.4) is 0 Å². The number of nitriles is 1. The van der Waals surface area contributed by atoms with Crippen molar-refractivity contribution in [3.63, 3.8) is 0 Å². The average molecular weight is 246 g/mol. The van der Waals surface area contributed by atoms with E-state index in [2.05, 4.69) is 22.5 Å². The van der Waals surface area contributed by atoms with Gasteiger partial charge in [0.1, 0.15) is 5.01 Å². The van der Waals surface area contributed by atoms with Crippen molar-refractivity contribution in [2.45, 2.75) is 25.2 Å². The molecule has 0 aliphatic heterocycles. The number of aromatic nitrogens is 1. The first-order valence-electron chi connectivity index (χ1n) is 5.18. The van der Waals surface area contributed by atoms with Crippen LogP contribution in [-0.2, 0) is 5.41 Å². The molecule has 0 spiro atoms. The Kier molecular flexibility index (Phi) is 2.13. The molecular weight excluding hydrogens is 236 g/mol. The van der Waals surface area contributed by atoms with E-state index in [9.17, 15) is 5.26 Å². The Morgan fingerprint density at radius 2 is 2.31 bits per heavy atom. The topological polar surface area (TPSA) is 36.7 Å². The summed E-state index contributed by atoms with van der Waals surface area (Å²) in [6, 6.07) is 6.56. The fraction of sp³-hybridized carbons (Fsp3) is 0.333. The lowest BCUT2D eigenvalue weighted by Gasteiger charge is -2.00. The Labute approximate surface area is 102 Å². The van der Waals surface area contributed by atoms with E-state index in [0.717, 1.165) is 23.5 Å². The lowest BCUT2D eigenvalue weighted by atomic mass is 10.1. The second-order valence-electron chi connectivity index (χ2n) is 4.10. The molecule has 1 aliphatic rings. The molecule has 0 saturated heterocycles. The van der Waals surface area contributed by atoms with Crippen LogP contribution in [0.1, 0.15) is 23.4 Å². The van der Waals surface area contributed by atoms with Crippen LogP contribution in [0.15, 0.2) is 17.5 Å². The Hall–Kier alpha value is -1.18. The molecule has 0 amide bonds. The van der Waals surface area contributed by atoms with Crippen molar-refractivity contribution < 1.29 is 0 Å². The minimum Gasteiger partial charge on any atom is -0.240 e. The van der Waals surface area contributed by atoms with Crippen molar-refractivity contribution >= 4 is 22.7 Å². The summed E-state index contributed by atoms with van der Waals surface area (Å²) < 4.78 is 0. The fourth-order valence-corrected chi connectivity index (χ4v) is 3.92. The van der Waals surface area contributed by atoms with Gasteiger partial charge in [-0.3, -0.25) is 0 Å². The van der Waals surface area contributed by atoms with E-state index < -0.39 is 0 Å². The second-order valence-corrected chi connectivity index (χ2v) is 6.05. The Bertz CT molecular complexity index is 556. The molecule has 1 aliphatic carbocycles. The predicted molar refractivity (Wildman–Crippen MR) is 66.7 cm³/mol. The third kappa shape index (κ3) is 1.40. The van der Waals surface area contributed by atoms with Gasteiger partial charge in [-0.05, 0) is 31.2 Å². The molecule has 4 heteroatoms. The largest absolute Gasteiger partial charge is 0.240 e. The van der Waals surface area contributed by atoms with Crippen molar-refractivity contribution in [2.24, 2.45) is 0 Å². The van der Waals surface area contributed by atoms with Crippen LogP contribution in [0.25, 0.3) is 9.88 Å². The fourth-order valence-electron chi connectivity index (χ4n) is 1.86. The van der Waals surface area contributed by atoms with Gasteiger partial charge in [-0.1, -0.05) is 6.07 Å². The van der Waals surface area contributed by atoms with Crippen LogP contribution in [0.4, 0.5) is 0 Å². The quantitative estimate of drug-likeness (QED) is 0.809. The highest BCUT2D eigenvalue weighted by Gasteiger charge is 2.47. The molecule has 2 aromatic heterocycles. The molecule has 0 radical (unpaired) electrons. The molecule has 0 bridgehead atoms. The summed E-state index contributed by atoms with van der Waals surface area (Å²) in [5.74, 6) is 0. The van der Waals surface area contributed by atoms with Crippen molar-refractivity contribution in [3.8, 4) is 16.0 Å². The molecule has 1 saturated carbocycles. The molecule has 0 aromatic carbocycles. The zero-order valence-corrected chi connectivity index (χ0v) is 10.5. The van der Waals surface area contributed by atoms with Gasteiger partial charge in [0, 0.05) is 4.88 Å². The number of aryl methyl sites for hydroxylation is 1. The van der Waals surface area contributed by atoms with Crippen LogP contribution in [0.2, 0.25) is 0 Å². The first-order chi connectivity index (χ1) is 7.75. The highest BCUT2D eigenvalue weighted by Crippen LogP contribution is 2.51. The highest BCUT2D eigenvalue weighted by molar-refractivity contribution is 7.21. The number of thiophene rings is 1. The number of hydrogen-bond donors (Lipinski definition) is 0. The minimum atomic E-state index is -0.197. The monoisotopic (exact) mass is 246 g/mol. The third-order valence-electron chi connectivity index (χ3n) is 2.93. The van der Waals surface area contributed by atoms with E-state index >= 15 is 0 Å². The number of nitrogens with zero attached hydrogens (tertiary/aromatic N) is 2. The molecule has 80 valence electrons. The Morgan fingerprint density at radius 1 is 1.50 bits per heavy atom. The first-order valence-corrected chi connectivity index (χ1v) is 6.88. The summed E-state index contributed by atoms with van der Waals surface area (Å²) in [5, 5.41) is 12.3. The van der Waals surface area contributed by atoms with E-state index in [1.165, 1.54) is 9.75 Å². The second kappa shape index (κ2) is 3.41. The molecule has 0 N–H and O–H groups in total. The molecule has 16 heavy (non-hydrogen) atoms. The van der Waals surface area contributed by atoms with E-state index in [-0.39, 0.29) is 5.41 Å². The Balaban J connectivity index is 2.07. The summed E-state index contributed by atoms with van der Waals surface area (Å²) in [7, 11) is 0. The highest BCUT2D eigenvalue weighted by atomic mass is 32.1. The van der Waals surface area contributed by atoms with Gasteiger partial charge in [0.05, 0.1) is 22.1 Å². The van der Waals surface area contributed by atoms with Gasteiger partial charge < -0.3 is 0 Å². The van der Waals surface area contributed by atoms with Crippen molar-refractivity contribution in [2.75, 3.05) is 0 Å². The van der Waals surface area contributed by atoms with Crippen molar-refractivity contribution in [1.82, 2.24) is 4.98 Å². The van der Waals surface area contributed by atoms with Crippen molar-refractivity contribution in [3.05, 3.63) is 28.1 Å². The molecule has 0 unspecified atom stereocenters. The lowest BCUT2D eigenvalue weighted by molar-refractivity contribution is 0.914. The molecule has 2 nitrogen and oxygen atoms in total. The van der Waals surface area contributed by atoms with Gasteiger partial charge in [-0.2, -0.15) is 5.26 Å². The summed E-state index contributed by atoms with van der Waals surface area (Å²) in [6.45, 7) is 2.01. The third-order valence-corrected chi connectivity index (χ3v) is 5.33. The van der Waals surface area contributed by atoms with Gasteiger partial charge in [0.2, 0.25) is 0 Å². The van der Waals surface area contributed by atoms with Crippen LogP contribution in [-0.4, -0.2) is 4.98 Å². The first kappa shape index (κ1) is 10.0. The predicted octanol–water partition coefficient (Wildman–Crippen LogP) is 3.74. The van der Waals surface area contributed by atoms with E-state index in [1.54, 1.807) is 22.7 Å². The maximum absolute atomic E-state index is 9.21. The maximum Gasteiger partial charge on any atom is 0.133 e. The minimum absolute atomic E-state index is 0.197. The normalized spacial score (nSPS) is 17.0. The standard InChI is InChI=1S/C12H10N2S2/c1-8-10(12(7-13)4-5-12)16-11(14-8)9-3-2-6-15-9/h2-3,6H,4-5H2,1H3. The molecule has 3 rings (SSSR count). The average Bonchev–Trinajstić information content (AvgIpc) is 2.74. The molecule has 2 heterocycles. The zero-order chi connectivity index (χ0) is 11.2. The number of hydrogen-bond acceptors (Lipinski definition) is 4. The summed E-state index contributed by atoms with van der Waals surface area (Å²) in [4.78, 5) is 6.97. The van der Waals surface area contributed by atoms with Crippen LogP contribution >= 0.6 is 22.7 Å². The number of thiazole rings is 1. The molecule has 2 aromatic rings. The van der Waals surface area contributed by atoms with Gasteiger partial charge >= 0.3 is 0 Å². The maximum atomic E-state index is 9.21. The van der Waals surface area contributed by atoms with Gasteiger partial charge in [-0.15, -0.1) is 22.7 Å². The Morgan fingerprint density at radius 3 is 2.88 bits per heavy atom. The summed E-state index contributed by atoms with van der Waals surface area (Å²) in [6.07, 6.45) is 1.99. The van der Waals surface area contributed by atoms with E-state index in [0.29, 0.717) is 0 Å². The molecule has 0 atom stereocenters. The van der Waals surface area contributed by atoms with Gasteiger partial charge in [-0.25, -0.2) is 4.98 Å². The number of rotatable bonds is 2. The van der Waals surface area contributed by atoms with Crippen molar-refractivity contribution in [1.29, 1.82) is 5.26 Å². The smallest absolute Gasteiger partial charge is 0.133 e. The molecular formula is C12H10N2S2. The van der Waals surface area contributed by atoms with Gasteiger partial charge in [0.15, 0.2) is 0 Å². The van der Waals surface area contributed by atoms with Crippen LogP contribution in [0, 0.1) is 18.3 Å². The zero-order valence-electron chi connectivity index (χ0n) is 8.86. The summed E-state index contributed by atoms with van der Waals surface area (Å²) >= 11 is 3.39. The lowest BCUT2D eigenvalue weighted by Crippen LogP contribution is -2.01. The van der Waals surface area contributed by atoms with Crippen LogP contribution in [0.5, 0.6) is 0 Å². The van der Waals surface area contributed by atoms with E-state index in [1.807, 2.05) is 13.0 Å². The SMILES string of the molecule is Cc1nc(-c2cccs2)sc1C1(C#N)CC1. The van der Waals surface area contributed by atoms with Gasteiger partial charge in [0.25, 0.3) is 0 Å².